The Kier molecular flexibility index (Phi) is 4.91. The zero-order chi connectivity index (χ0) is 17.2. The summed E-state index contributed by atoms with van der Waals surface area (Å²) in [5.41, 5.74) is 4.35. The zero-order valence-electron chi connectivity index (χ0n) is 13.5. The summed E-state index contributed by atoms with van der Waals surface area (Å²) < 4.78 is 0. The molecule has 4 aromatic rings. The van der Waals surface area contributed by atoms with Crippen molar-refractivity contribution in [1.29, 1.82) is 0 Å². The van der Waals surface area contributed by atoms with Crippen molar-refractivity contribution in [2.75, 3.05) is 0 Å². The molecule has 4 rings (SSSR count). The van der Waals surface area contributed by atoms with Crippen LogP contribution in [0.4, 0.5) is 5.69 Å². The lowest BCUT2D eigenvalue weighted by Crippen LogP contribution is -3.00. The average Bonchev–Trinajstić information content (AvgIpc) is 2.68. The maximum Gasteiger partial charge on any atom is 0.270 e. The van der Waals surface area contributed by atoms with Gasteiger partial charge < -0.3 is 12.4 Å². The number of pyridine rings is 2. The van der Waals surface area contributed by atoms with E-state index in [1.807, 2.05) is 48.5 Å². The molecule has 0 fully saturated rings. The summed E-state index contributed by atoms with van der Waals surface area (Å²) >= 11 is 0. The quantitative estimate of drug-likeness (QED) is 0.412. The molecule has 0 bridgehead atoms. The van der Waals surface area contributed by atoms with E-state index < -0.39 is 0 Å². The summed E-state index contributed by atoms with van der Waals surface area (Å²) in [4.78, 5) is 19.6. The number of nitrogens with zero attached hydrogens (tertiary/aromatic N) is 3. The van der Waals surface area contributed by atoms with E-state index in [0.29, 0.717) is 5.52 Å². The summed E-state index contributed by atoms with van der Waals surface area (Å²) in [5.74, 6) is 0. The van der Waals surface area contributed by atoms with Gasteiger partial charge in [-0.05, 0) is 35.4 Å². The molecule has 6 heteroatoms. The Hall–Kier alpha value is -3.31. The van der Waals surface area contributed by atoms with E-state index in [4.69, 9.17) is 0 Å². The molecule has 2 aromatic heterocycles. The molecular weight excluding hydrogens is 350 g/mol. The minimum atomic E-state index is -0.386. The van der Waals surface area contributed by atoms with Crippen LogP contribution in [0.25, 0.3) is 33.3 Å². The maximum absolute atomic E-state index is 11.2. The third kappa shape index (κ3) is 3.25. The van der Waals surface area contributed by atoms with Gasteiger partial charge in [0, 0.05) is 35.5 Å². The maximum atomic E-state index is 11.2. The van der Waals surface area contributed by atoms with E-state index in [0.717, 1.165) is 27.8 Å². The summed E-state index contributed by atoms with van der Waals surface area (Å²) in [6.07, 6.45) is 3.47. The van der Waals surface area contributed by atoms with Crippen molar-refractivity contribution in [3.05, 3.63) is 89.2 Å². The third-order valence-corrected chi connectivity index (χ3v) is 4.05. The van der Waals surface area contributed by atoms with Crippen LogP contribution >= 0.6 is 0 Å². The molecule has 2 heterocycles. The van der Waals surface area contributed by atoms with Gasteiger partial charge in [0.2, 0.25) is 0 Å². The molecule has 0 N–H and O–H groups in total. The highest BCUT2D eigenvalue weighted by atomic mass is 35.5. The monoisotopic (exact) mass is 362 g/mol. The number of nitro benzene ring substituents is 1. The molecule has 0 atom stereocenters. The Balaban J connectivity index is 0.00000196. The zero-order valence-corrected chi connectivity index (χ0v) is 14.3. The molecular formula is C20H13ClN3O2-. The number of halogens is 1. The van der Waals surface area contributed by atoms with Gasteiger partial charge in [0.1, 0.15) is 0 Å². The van der Waals surface area contributed by atoms with Gasteiger partial charge in [0.25, 0.3) is 5.69 Å². The minimum Gasteiger partial charge on any atom is -1.00 e. The van der Waals surface area contributed by atoms with Crippen LogP contribution in [-0.2, 0) is 0 Å². The highest BCUT2D eigenvalue weighted by Crippen LogP contribution is 2.33. The van der Waals surface area contributed by atoms with Crippen LogP contribution in [0.15, 0.2) is 79.1 Å². The first kappa shape index (κ1) is 17.5. The van der Waals surface area contributed by atoms with Crippen molar-refractivity contribution in [3.8, 4) is 22.4 Å². The molecule has 0 saturated carbocycles. The molecule has 26 heavy (non-hydrogen) atoms. The molecule has 128 valence electrons. The van der Waals surface area contributed by atoms with E-state index in [9.17, 15) is 10.1 Å². The lowest BCUT2D eigenvalue weighted by molar-refractivity contribution is -0.384. The van der Waals surface area contributed by atoms with Crippen molar-refractivity contribution < 1.29 is 17.3 Å². The highest BCUT2D eigenvalue weighted by Gasteiger charge is 2.13. The lowest BCUT2D eigenvalue weighted by atomic mass is 9.98. The number of non-ortho nitro benzene ring substituents is 1. The van der Waals surface area contributed by atoms with Gasteiger partial charge in [-0.15, -0.1) is 0 Å². The van der Waals surface area contributed by atoms with Gasteiger partial charge in [-0.1, -0.05) is 30.3 Å². The smallest absolute Gasteiger partial charge is 0.270 e. The van der Waals surface area contributed by atoms with Crippen LogP contribution in [-0.4, -0.2) is 14.9 Å². The Morgan fingerprint density at radius 3 is 2.35 bits per heavy atom. The number of hydrogen-bond donors (Lipinski definition) is 0. The molecule has 2 aromatic carbocycles. The number of aromatic nitrogens is 2. The molecule has 0 saturated heterocycles. The second-order valence-electron chi connectivity index (χ2n) is 5.62. The standard InChI is InChI=1S/C20H13N3O2.ClH/c24-23(25)16-8-9-19-18(11-16)17(14-5-2-1-3-6-14)12-20(22-19)15-7-4-10-21-13-15;/h1-13H;1H/p-1. The number of nitro groups is 1. The van der Waals surface area contributed by atoms with Crippen LogP contribution in [0, 0.1) is 10.1 Å². The van der Waals surface area contributed by atoms with E-state index in [1.165, 1.54) is 6.07 Å². The second kappa shape index (κ2) is 7.29. The summed E-state index contributed by atoms with van der Waals surface area (Å²) in [5, 5.41) is 11.9. The first-order valence-corrected chi connectivity index (χ1v) is 7.77. The lowest BCUT2D eigenvalue weighted by Gasteiger charge is -2.10. The number of hydrogen-bond acceptors (Lipinski definition) is 4. The molecule has 5 nitrogen and oxygen atoms in total. The van der Waals surface area contributed by atoms with Crippen LogP contribution in [0.1, 0.15) is 0 Å². The number of benzene rings is 2. The largest absolute Gasteiger partial charge is 1.00 e. The molecule has 0 aliphatic carbocycles. The predicted octanol–water partition coefficient (Wildman–Crippen LogP) is 1.88. The topological polar surface area (TPSA) is 68.9 Å². The van der Waals surface area contributed by atoms with Gasteiger partial charge >= 0.3 is 0 Å². The summed E-state index contributed by atoms with van der Waals surface area (Å²) in [6.45, 7) is 0. The van der Waals surface area contributed by atoms with Gasteiger partial charge in [0.15, 0.2) is 0 Å². The number of rotatable bonds is 3. The van der Waals surface area contributed by atoms with E-state index >= 15 is 0 Å². The minimum absolute atomic E-state index is 0. The molecule has 0 spiro atoms. The van der Waals surface area contributed by atoms with Gasteiger partial charge in [0.05, 0.1) is 16.1 Å². The normalized spacial score (nSPS) is 10.3. The highest BCUT2D eigenvalue weighted by molar-refractivity contribution is 5.97. The average molecular weight is 363 g/mol. The molecule has 0 aliphatic rings. The Labute approximate surface area is 155 Å². The van der Waals surface area contributed by atoms with Crippen molar-refractivity contribution in [3.63, 3.8) is 0 Å². The fraction of sp³-hybridized carbons (Fsp3) is 0. The fourth-order valence-electron chi connectivity index (χ4n) is 2.85. The van der Waals surface area contributed by atoms with Crippen molar-refractivity contribution in [1.82, 2.24) is 9.97 Å². The van der Waals surface area contributed by atoms with Crippen molar-refractivity contribution in [2.45, 2.75) is 0 Å². The van der Waals surface area contributed by atoms with Crippen LogP contribution in [0.5, 0.6) is 0 Å². The molecule has 0 radical (unpaired) electrons. The van der Waals surface area contributed by atoms with E-state index in [1.54, 1.807) is 24.5 Å². The van der Waals surface area contributed by atoms with Crippen LogP contribution in [0.3, 0.4) is 0 Å². The SMILES string of the molecule is O=[N+]([O-])c1ccc2nc(-c3cccnc3)cc(-c3ccccc3)c2c1.[Cl-]. The molecule has 0 amide bonds. The second-order valence-corrected chi connectivity index (χ2v) is 5.62. The van der Waals surface area contributed by atoms with Gasteiger partial charge in [-0.3, -0.25) is 15.1 Å². The van der Waals surface area contributed by atoms with E-state index in [-0.39, 0.29) is 23.0 Å². The van der Waals surface area contributed by atoms with Crippen LogP contribution in [0.2, 0.25) is 0 Å². The van der Waals surface area contributed by atoms with Crippen molar-refractivity contribution in [2.24, 2.45) is 0 Å². The Bertz CT molecular complexity index is 1070. The van der Waals surface area contributed by atoms with E-state index in [2.05, 4.69) is 9.97 Å². The molecule has 0 aliphatic heterocycles. The number of fused-ring (bicyclic) bond motifs is 1. The van der Waals surface area contributed by atoms with Crippen molar-refractivity contribution >= 4 is 16.6 Å². The summed E-state index contributed by atoms with van der Waals surface area (Å²) in [7, 11) is 0. The fourth-order valence-corrected chi connectivity index (χ4v) is 2.85. The first-order valence-electron chi connectivity index (χ1n) is 7.77. The van der Waals surface area contributed by atoms with Crippen LogP contribution < -0.4 is 12.4 Å². The Morgan fingerprint density at radius 2 is 1.65 bits per heavy atom. The summed E-state index contributed by atoms with van der Waals surface area (Å²) in [6, 6.07) is 20.3. The third-order valence-electron chi connectivity index (χ3n) is 4.05. The first-order chi connectivity index (χ1) is 12.2. The Morgan fingerprint density at radius 1 is 0.885 bits per heavy atom. The van der Waals surface area contributed by atoms with Gasteiger partial charge in [-0.25, -0.2) is 4.98 Å². The van der Waals surface area contributed by atoms with Gasteiger partial charge in [-0.2, -0.15) is 0 Å². The molecule has 0 unspecified atom stereocenters. The predicted molar refractivity (Wildman–Crippen MR) is 97.1 cm³/mol.